The first-order chi connectivity index (χ1) is 21.1. The van der Waals surface area contributed by atoms with E-state index < -0.39 is 11.7 Å². The maximum absolute atomic E-state index is 12.5. The third kappa shape index (κ3) is 6.46. The molecule has 7 rings (SSSR count). The zero-order chi connectivity index (χ0) is 30.9. The largest absolute Gasteiger partial charge is 0.381 e. The molecular formula is C36H26F3IrN5-2. The molecule has 0 bridgehead atoms. The van der Waals surface area contributed by atoms with Crippen LogP contribution in [0.5, 0.6) is 0 Å². The van der Waals surface area contributed by atoms with Crippen molar-refractivity contribution >= 4 is 0 Å². The zero-order valence-corrected chi connectivity index (χ0v) is 26.9. The van der Waals surface area contributed by atoms with Crippen molar-refractivity contribution in [2.24, 2.45) is 0 Å². The summed E-state index contributed by atoms with van der Waals surface area (Å²) in [6, 6.07) is 35.2. The average molecular weight is 778 g/mol. The van der Waals surface area contributed by atoms with Gasteiger partial charge in [-0.3, -0.25) is 0 Å². The standard InChI is InChI=1S/C21H18N.C15H8F3N4.Ir/c1-14-11-12-19(22-13-14)17-9-6-8-16-15-7-4-5-10-18(15)21(2,3)20(16)17;16-15(17,18)12-8-6-11(7-9-12)14-21-19-13(20-22-14)10-4-2-1-3-5-10;/h4-8,10-13H,1-3H3;1-6,8-9H;/q2*-1;. The second-order valence-electron chi connectivity index (χ2n) is 10.9. The van der Waals surface area contributed by atoms with E-state index >= 15 is 0 Å². The number of hydrogen-bond acceptors (Lipinski definition) is 5. The summed E-state index contributed by atoms with van der Waals surface area (Å²) in [5.41, 5.74) is 8.94. The number of alkyl halides is 3. The summed E-state index contributed by atoms with van der Waals surface area (Å²) in [6.07, 6.45) is -2.47. The minimum absolute atomic E-state index is 0. The molecule has 2 aromatic heterocycles. The maximum Gasteiger partial charge on any atom is 0.381 e. The predicted octanol–water partition coefficient (Wildman–Crippen LogP) is 8.58. The number of fused-ring (bicyclic) bond motifs is 3. The number of pyridine rings is 1. The van der Waals surface area contributed by atoms with Gasteiger partial charge in [0.15, 0.2) is 0 Å². The van der Waals surface area contributed by atoms with Crippen molar-refractivity contribution in [3.8, 4) is 45.2 Å². The monoisotopic (exact) mass is 778 g/mol. The molecule has 0 N–H and O–H groups in total. The van der Waals surface area contributed by atoms with Gasteiger partial charge in [-0.05, 0) is 40.3 Å². The quantitative estimate of drug-likeness (QED) is 0.169. The van der Waals surface area contributed by atoms with Gasteiger partial charge in [-0.1, -0.05) is 86.1 Å². The molecule has 1 aliphatic carbocycles. The molecule has 6 aromatic rings. The van der Waals surface area contributed by atoms with E-state index in [0.29, 0.717) is 11.4 Å². The fourth-order valence-corrected chi connectivity index (χ4v) is 5.37. The van der Waals surface area contributed by atoms with E-state index in [2.05, 4.69) is 101 Å². The van der Waals surface area contributed by atoms with Gasteiger partial charge in [0.05, 0.1) is 0 Å². The zero-order valence-electron chi connectivity index (χ0n) is 24.5. The fourth-order valence-electron chi connectivity index (χ4n) is 5.37. The Labute approximate surface area is 273 Å². The summed E-state index contributed by atoms with van der Waals surface area (Å²) in [7, 11) is 0. The van der Waals surface area contributed by atoms with Crippen LogP contribution in [0.2, 0.25) is 0 Å². The van der Waals surface area contributed by atoms with E-state index in [0.717, 1.165) is 29.0 Å². The summed E-state index contributed by atoms with van der Waals surface area (Å²) in [4.78, 5) is 4.62. The summed E-state index contributed by atoms with van der Waals surface area (Å²) in [5, 5.41) is 15.6. The molecule has 1 radical (unpaired) electrons. The Balaban J connectivity index is 0.000000174. The van der Waals surface area contributed by atoms with Gasteiger partial charge in [-0.2, -0.15) is 23.4 Å². The summed E-state index contributed by atoms with van der Waals surface area (Å²) >= 11 is 0. The Bertz CT molecular complexity index is 1910. The van der Waals surface area contributed by atoms with Gasteiger partial charge in [0.2, 0.25) is 5.82 Å². The van der Waals surface area contributed by atoms with E-state index in [1.54, 1.807) is 0 Å². The van der Waals surface area contributed by atoms with Crippen LogP contribution >= 0.6 is 0 Å². The molecule has 1 aliphatic rings. The molecule has 0 saturated carbocycles. The van der Waals surface area contributed by atoms with Crippen LogP contribution in [0.4, 0.5) is 13.2 Å². The fraction of sp³-hybridized carbons (Fsp3) is 0.139. The molecule has 45 heavy (non-hydrogen) atoms. The number of aromatic nitrogens is 5. The molecule has 0 unspecified atom stereocenters. The molecule has 0 atom stereocenters. The van der Waals surface area contributed by atoms with Gasteiger partial charge >= 0.3 is 6.18 Å². The van der Waals surface area contributed by atoms with Crippen molar-refractivity contribution in [1.29, 1.82) is 0 Å². The predicted molar refractivity (Wildman–Crippen MR) is 163 cm³/mol. The first-order valence-electron chi connectivity index (χ1n) is 13.9. The van der Waals surface area contributed by atoms with Crippen LogP contribution in [0, 0.1) is 19.1 Å². The Kier molecular flexibility index (Phi) is 9.05. The number of nitrogens with zero attached hydrogens (tertiary/aromatic N) is 5. The van der Waals surface area contributed by atoms with Crippen LogP contribution in [-0.2, 0) is 31.7 Å². The van der Waals surface area contributed by atoms with Crippen LogP contribution in [0.15, 0.2) is 103 Å². The van der Waals surface area contributed by atoms with Gasteiger partial charge in [0.25, 0.3) is 0 Å². The molecule has 4 aromatic carbocycles. The van der Waals surface area contributed by atoms with Crippen molar-refractivity contribution in [2.75, 3.05) is 0 Å². The van der Waals surface area contributed by atoms with Gasteiger partial charge in [0.1, 0.15) is 5.82 Å². The molecule has 0 aliphatic heterocycles. The Morgan fingerprint density at radius 3 is 2.04 bits per heavy atom. The van der Waals surface area contributed by atoms with Gasteiger partial charge in [-0.25, -0.2) is 0 Å². The first kappa shape index (κ1) is 31.8. The van der Waals surface area contributed by atoms with Gasteiger partial charge in [0, 0.05) is 31.9 Å². The second-order valence-corrected chi connectivity index (χ2v) is 10.9. The molecule has 0 fully saturated rings. The number of halogens is 3. The number of rotatable bonds is 3. The molecule has 2 heterocycles. The van der Waals surface area contributed by atoms with E-state index in [1.807, 2.05) is 42.6 Å². The van der Waals surface area contributed by atoms with Crippen LogP contribution in [0.3, 0.4) is 0 Å². The summed E-state index contributed by atoms with van der Waals surface area (Å²) < 4.78 is 37.5. The first-order valence-corrected chi connectivity index (χ1v) is 13.9. The van der Waals surface area contributed by atoms with Crippen LogP contribution < -0.4 is 0 Å². The smallest absolute Gasteiger partial charge is 0.304 e. The maximum atomic E-state index is 12.5. The van der Waals surface area contributed by atoms with E-state index in [4.69, 9.17) is 0 Å². The number of aryl methyl sites for hydroxylation is 1. The van der Waals surface area contributed by atoms with Gasteiger partial charge < -0.3 is 4.98 Å². The minimum Gasteiger partial charge on any atom is -0.304 e. The van der Waals surface area contributed by atoms with E-state index in [1.165, 1.54) is 33.9 Å². The molecular weight excluding hydrogens is 752 g/mol. The van der Waals surface area contributed by atoms with E-state index in [-0.39, 0.29) is 31.3 Å². The van der Waals surface area contributed by atoms with Gasteiger partial charge in [-0.15, -0.1) is 69.4 Å². The Morgan fingerprint density at radius 2 is 1.40 bits per heavy atom. The minimum atomic E-state index is -4.40. The van der Waals surface area contributed by atoms with Crippen LogP contribution in [0.1, 0.15) is 36.1 Å². The van der Waals surface area contributed by atoms with E-state index in [9.17, 15) is 13.2 Å². The van der Waals surface area contributed by atoms with Crippen molar-refractivity contribution in [3.63, 3.8) is 0 Å². The topological polar surface area (TPSA) is 64.5 Å². The van der Waals surface area contributed by atoms with Crippen LogP contribution in [-0.4, -0.2) is 25.4 Å². The molecule has 0 saturated heterocycles. The summed E-state index contributed by atoms with van der Waals surface area (Å²) in [5.74, 6) is 0.463. The Morgan fingerprint density at radius 1 is 0.711 bits per heavy atom. The number of hydrogen-bond donors (Lipinski definition) is 0. The second kappa shape index (κ2) is 12.8. The normalized spacial score (nSPS) is 12.7. The SMILES string of the molecule is Cc1ccc(-c2[c-]ccc3c2C(C)(C)c2ccccc2-3)nc1.FC(F)(F)c1c[c-]c(-c2nnc(-c3ccccc3)nn2)cc1.[Ir]. The van der Waals surface area contributed by atoms with Crippen molar-refractivity contribution in [3.05, 3.63) is 138 Å². The van der Waals surface area contributed by atoms with Crippen LogP contribution in [0.25, 0.3) is 45.2 Å². The number of benzene rings is 4. The molecule has 0 spiro atoms. The van der Waals surface area contributed by atoms with Crippen molar-refractivity contribution in [1.82, 2.24) is 25.4 Å². The third-order valence-electron chi connectivity index (χ3n) is 7.57. The van der Waals surface area contributed by atoms with Crippen molar-refractivity contribution < 1.29 is 33.3 Å². The molecule has 5 nitrogen and oxygen atoms in total. The molecule has 9 heteroatoms. The van der Waals surface area contributed by atoms with Crippen molar-refractivity contribution in [2.45, 2.75) is 32.4 Å². The summed E-state index contributed by atoms with van der Waals surface area (Å²) in [6.45, 7) is 6.65. The average Bonchev–Trinajstić information content (AvgIpc) is 3.29. The molecule has 227 valence electrons. The Hall–Kier alpha value is -4.59. The molecule has 0 amide bonds. The third-order valence-corrected chi connectivity index (χ3v) is 7.57.